The highest BCUT2D eigenvalue weighted by Gasteiger charge is 2.24. The van der Waals surface area contributed by atoms with Crippen LogP contribution in [0.15, 0.2) is 6.07 Å². The lowest BCUT2D eigenvalue weighted by atomic mass is 10.2. The number of piperazine rings is 1. The van der Waals surface area contributed by atoms with Crippen LogP contribution in [0.4, 0.5) is 11.8 Å². The maximum Gasteiger partial charge on any atom is 0.236 e. The van der Waals surface area contributed by atoms with Gasteiger partial charge in [0.25, 0.3) is 0 Å². The van der Waals surface area contributed by atoms with Gasteiger partial charge in [-0.2, -0.15) is 4.98 Å². The Labute approximate surface area is 173 Å². The summed E-state index contributed by atoms with van der Waals surface area (Å²) in [5, 5.41) is 0. The zero-order chi connectivity index (χ0) is 20.1. The number of carbonyl (C=O) groups excluding carboxylic acids is 1. The largest absolute Gasteiger partial charge is 0.378 e. The molecule has 4 rings (SSSR count). The van der Waals surface area contributed by atoms with E-state index in [-0.39, 0.29) is 0 Å². The molecular weight excluding hydrogens is 368 g/mol. The molecule has 0 saturated carbocycles. The lowest BCUT2D eigenvalue weighted by Gasteiger charge is -2.36. The highest BCUT2D eigenvalue weighted by Crippen LogP contribution is 2.20. The first-order valence-corrected chi connectivity index (χ1v) is 11.1. The fourth-order valence-electron chi connectivity index (χ4n) is 4.35. The van der Waals surface area contributed by atoms with Crippen molar-refractivity contribution in [1.82, 2.24) is 19.8 Å². The maximum absolute atomic E-state index is 12.7. The van der Waals surface area contributed by atoms with Gasteiger partial charge in [-0.05, 0) is 19.8 Å². The van der Waals surface area contributed by atoms with Crippen LogP contribution in [0.25, 0.3) is 0 Å². The first-order chi connectivity index (χ1) is 14.2. The van der Waals surface area contributed by atoms with Crippen molar-refractivity contribution in [3.05, 3.63) is 11.8 Å². The van der Waals surface area contributed by atoms with Gasteiger partial charge < -0.3 is 19.4 Å². The summed E-state index contributed by atoms with van der Waals surface area (Å²) in [5.74, 6) is 2.10. The van der Waals surface area contributed by atoms with Crippen LogP contribution < -0.4 is 9.80 Å². The minimum absolute atomic E-state index is 0.299. The Morgan fingerprint density at radius 2 is 1.59 bits per heavy atom. The third kappa shape index (κ3) is 5.36. The van der Waals surface area contributed by atoms with E-state index in [1.165, 1.54) is 12.8 Å². The Morgan fingerprint density at radius 1 is 0.897 bits per heavy atom. The average Bonchev–Trinajstić information content (AvgIpc) is 3.04. The molecule has 3 aliphatic heterocycles. The fraction of sp³-hybridized carbons (Fsp3) is 0.762. The first-order valence-electron chi connectivity index (χ1n) is 11.1. The molecule has 0 atom stereocenters. The van der Waals surface area contributed by atoms with Gasteiger partial charge in [0.05, 0.1) is 19.8 Å². The molecule has 1 aromatic heterocycles. The number of likely N-dealkylation sites (tertiary alicyclic amines) is 1. The Balaban J connectivity index is 1.32. The molecule has 3 saturated heterocycles. The second-order valence-corrected chi connectivity index (χ2v) is 8.33. The Morgan fingerprint density at radius 3 is 2.28 bits per heavy atom. The molecule has 0 unspecified atom stereocenters. The van der Waals surface area contributed by atoms with E-state index >= 15 is 0 Å². The highest BCUT2D eigenvalue weighted by molar-refractivity contribution is 5.78. The number of anilines is 2. The quantitative estimate of drug-likeness (QED) is 0.748. The second-order valence-electron chi connectivity index (χ2n) is 8.33. The van der Waals surface area contributed by atoms with Crippen LogP contribution in [-0.4, -0.2) is 97.8 Å². The summed E-state index contributed by atoms with van der Waals surface area (Å²) < 4.78 is 5.45. The zero-order valence-corrected chi connectivity index (χ0v) is 17.7. The Hall–Kier alpha value is -1.93. The number of ether oxygens (including phenoxy) is 1. The maximum atomic E-state index is 12.7. The molecule has 3 aliphatic rings. The van der Waals surface area contributed by atoms with E-state index in [4.69, 9.17) is 9.72 Å². The van der Waals surface area contributed by atoms with Crippen molar-refractivity contribution in [1.29, 1.82) is 0 Å². The monoisotopic (exact) mass is 402 g/mol. The van der Waals surface area contributed by atoms with Crippen LogP contribution >= 0.6 is 0 Å². The first kappa shape index (κ1) is 20.3. The predicted octanol–water partition coefficient (Wildman–Crippen LogP) is 1.15. The second kappa shape index (κ2) is 9.71. The minimum atomic E-state index is 0.299. The lowest BCUT2D eigenvalue weighted by molar-refractivity contribution is -0.132. The van der Waals surface area contributed by atoms with E-state index in [1.54, 1.807) is 0 Å². The molecule has 0 spiro atoms. The van der Waals surface area contributed by atoms with E-state index in [2.05, 4.69) is 30.6 Å². The number of hydrogen-bond donors (Lipinski definition) is 0. The van der Waals surface area contributed by atoms with Gasteiger partial charge in [0.1, 0.15) is 5.82 Å². The number of morpholine rings is 1. The number of amides is 1. The van der Waals surface area contributed by atoms with Gasteiger partial charge in [0.15, 0.2) is 0 Å². The van der Waals surface area contributed by atoms with Gasteiger partial charge in [-0.1, -0.05) is 12.8 Å². The van der Waals surface area contributed by atoms with Crippen LogP contribution in [0.2, 0.25) is 0 Å². The lowest BCUT2D eigenvalue weighted by Crippen LogP contribution is -2.50. The minimum Gasteiger partial charge on any atom is -0.378 e. The number of aromatic nitrogens is 2. The van der Waals surface area contributed by atoms with Gasteiger partial charge in [0.2, 0.25) is 11.9 Å². The molecule has 8 nitrogen and oxygen atoms in total. The van der Waals surface area contributed by atoms with Crippen LogP contribution in [-0.2, 0) is 9.53 Å². The van der Waals surface area contributed by atoms with Crippen LogP contribution in [0.5, 0.6) is 0 Å². The molecule has 160 valence electrons. The van der Waals surface area contributed by atoms with Gasteiger partial charge in [-0.25, -0.2) is 4.98 Å². The summed E-state index contributed by atoms with van der Waals surface area (Å²) in [6.07, 6.45) is 4.82. The topological polar surface area (TPSA) is 65.0 Å². The molecular formula is C21H34N6O2. The summed E-state index contributed by atoms with van der Waals surface area (Å²) in [4.78, 5) is 31.0. The van der Waals surface area contributed by atoms with Crippen LogP contribution in [0.3, 0.4) is 0 Å². The third-order valence-corrected chi connectivity index (χ3v) is 6.14. The van der Waals surface area contributed by atoms with Crippen molar-refractivity contribution in [3.8, 4) is 0 Å². The van der Waals surface area contributed by atoms with Crippen molar-refractivity contribution in [2.45, 2.75) is 32.6 Å². The van der Waals surface area contributed by atoms with E-state index < -0.39 is 0 Å². The van der Waals surface area contributed by atoms with Crippen molar-refractivity contribution in [3.63, 3.8) is 0 Å². The molecule has 8 heteroatoms. The Bertz CT molecular complexity index is 678. The molecule has 0 aromatic carbocycles. The summed E-state index contributed by atoms with van der Waals surface area (Å²) in [6.45, 7) is 11.2. The van der Waals surface area contributed by atoms with Crippen molar-refractivity contribution >= 4 is 17.7 Å². The molecule has 1 amide bonds. The number of rotatable bonds is 4. The van der Waals surface area contributed by atoms with Gasteiger partial charge in [-0.15, -0.1) is 0 Å². The normalized spacial score (nSPS) is 21.9. The van der Waals surface area contributed by atoms with E-state index in [0.29, 0.717) is 12.5 Å². The van der Waals surface area contributed by atoms with Crippen molar-refractivity contribution in [2.24, 2.45) is 0 Å². The molecule has 1 aromatic rings. The van der Waals surface area contributed by atoms with E-state index in [0.717, 1.165) is 95.9 Å². The predicted molar refractivity (Wildman–Crippen MR) is 114 cm³/mol. The number of carbonyl (C=O) groups is 1. The molecule has 4 heterocycles. The Kier molecular flexibility index (Phi) is 6.82. The smallest absolute Gasteiger partial charge is 0.236 e. The van der Waals surface area contributed by atoms with Crippen molar-refractivity contribution in [2.75, 3.05) is 81.9 Å². The van der Waals surface area contributed by atoms with Crippen molar-refractivity contribution < 1.29 is 9.53 Å². The standard InChI is InChI=1S/C21H34N6O2/c1-18-16-19(23-21(22-18)27-12-14-29-15-13-27)25-10-8-24(9-11-25)17-20(28)26-6-4-2-3-5-7-26/h16H,2-15,17H2,1H3. The van der Waals surface area contributed by atoms with Gasteiger partial charge in [-0.3, -0.25) is 9.69 Å². The van der Waals surface area contributed by atoms with Crippen LogP contribution in [0.1, 0.15) is 31.4 Å². The van der Waals surface area contributed by atoms with Gasteiger partial charge >= 0.3 is 0 Å². The van der Waals surface area contributed by atoms with E-state index in [9.17, 15) is 4.79 Å². The number of hydrogen-bond acceptors (Lipinski definition) is 7. The van der Waals surface area contributed by atoms with Gasteiger partial charge in [0, 0.05) is 64.1 Å². The molecule has 0 aliphatic carbocycles. The summed E-state index contributed by atoms with van der Waals surface area (Å²) in [5.41, 5.74) is 0.996. The summed E-state index contributed by atoms with van der Waals surface area (Å²) >= 11 is 0. The number of aryl methyl sites for hydroxylation is 1. The summed E-state index contributed by atoms with van der Waals surface area (Å²) in [7, 11) is 0. The third-order valence-electron chi connectivity index (χ3n) is 6.14. The SMILES string of the molecule is Cc1cc(N2CCN(CC(=O)N3CCCCCC3)CC2)nc(N2CCOCC2)n1. The van der Waals surface area contributed by atoms with Crippen LogP contribution in [0, 0.1) is 6.92 Å². The van der Waals surface area contributed by atoms with E-state index in [1.807, 2.05) is 6.92 Å². The number of nitrogens with zero attached hydrogens (tertiary/aromatic N) is 6. The highest BCUT2D eigenvalue weighted by atomic mass is 16.5. The molecule has 0 N–H and O–H groups in total. The summed E-state index contributed by atoms with van der Waals surface area (Å²) in [6, 6.07) is 2.07. The fourth-order valence-corrected chi connectivity index (χ4v) is 4.35. The molecule has 0 bridgehead atoms. The molecule has 3 fully saturated rings. The zero-order valence-electron chi connectivity index (χ0n) is 17.7. The molecule has 0 radical (unpaired) electrons. The average molecular weight is 403 g/mol. The molecule has 29 heavy (non-hydrogen) atoms.